The molecule has 3 aliphatic rings. The molecule has 3 fully saturated rings. The van der Waals surface area contributed by atoms with E-state index in [0.29, 0.717) is 6.04 Å². The first-order valence-electron chi connectivity index (χ1n) is 8.95. The highest BCUT2D eigenvalue weighted by molar-refractivity contribution is 5.79. The Morgan fingerprint density at radius 1 is 0.952 bits per heavy atom. The van der Waals surface area contributed by atoms with Crippen LogP contribution in [0.4, 0.5) is 0 Å². The van der Waals surface area contributed by atoms with E-state index in [9.17, 15) is 9.90 Å². The lowest BCUT2D eigenvalue weighted by Gasteiger charge is -2.31. The Bertz CT molecular complexity index is 347. The molecule has 1 atom stereocenters. The van der Waals surface area contributed by atoms with Gasteiger partial charge in [0.05, 0.1) is 12.0 Å². The number of rotatable bonds is 3. The van der Waals surface area contributed by atoms with E-state index in [1.807, 2.05) is 0 Å². The Balaban J connectivity index is 1.43. The van der Waals surface area contributed by atoms with Crippen LogP contribution in [0.15, 0.2) is 0 Å². The molecule has 1 saturated heterocycles. The first-order chi connectivity index (χ1) is 10.2. The Hall–Kier alpha value is -0.610. The summed E-state index contributed by atoms with van der Waals surface area (Å²) < 4.78 is 0. The minimum absolute atomic E-state index is 0.147. The third kappa shape index (κ3) is 3.98. The molecule has 4 nitrogen and oxygen atoms in total. The fraction of sp³-hybridized carbons (Fsp3) is 0.941. The maximum atomic E-state index is 12.4. The third-order valence-electron chi connectivity index (χ3n) is 5.72. The van der Waals surface area contributed by atoms with Gasteiger partial charge in [0.2, 0.25) is 5.91 Å². The number of aliphatic hydroxyl groups excluding tert-OH is 1. The highest BCUT2D eigenvalue weighted by Crippen LogP contribution is 2.28. The fourth-order valence-electron chi connectivity index (χ4n) is 4.32. The molecule has 1 heterocycles. The van der Waals surface area contributed by atoms with Crippen LogP contribution in [0.5, 0.6) is 0 Å². The van der Waals surface area contributed by atoms with Gasteiger partial charge in [0.25, 0.3) is 0 Å². The molecule has 0 aromatic rings. The molecule has 3 rings (SSSR count). The molecule has 2 aliphatic carbocycles. The van der Waals surface area contributed by atoms with Crippen molar-refractivity contribution in [1.82, 2.24) is 10.2 Å². The summed E-state index contributed by atoms with van der Waals surface area (Å²) in [6.07, 6.45) is 11.2. The van der Waals surface area contributed by atoms with Crippen molar-refractivity contribution in [3.8, 4) is 0 Å². The minimum atomic E-state index is -0.147. The smallest absolute Gasteiger partial charge is 0.224 e. The number of nitrogens with zero attached hydrogens (tertiary/aromatic N) is 1. The average molecular weight is 294 g/mol. The lowest BCUT2D eigenvalue weighted by atomic mass is 9.92. The number of aliphatic hydroxyl groups is 1. The van der Waals surface area contributed by atoms with Crippen molar-refractivity contribution < 1.29 is 9.90 Å². The van der Waals surface area contributed by atoms with Crippen molar-refractivity contribution in [2.75, 3.05) is 13.1 Å². The molecule has 0 aromatic heterocycles. The lowest BCUT2D eigenvalue weighted by molar-refractivity contribution is -0.125. The normalized spacial score (nSPS) is 35.8. The van der Waals surface area contributed by atoms with Crippen LogP contribution < -0.4 is 5.32 Å². The number of likely N-dealkylation sites (tertiary alicyclic amines) is 1. The zero-order chi connectivity index (χ0) is 14.7. The summed E-state index contributed by atoms with van der Waals surface area (Å²) in [6.45, 7) is 2.07. The number of nitrogens with one attached hydrogen (secondary N) is 1. The second-order valence-corrected chi connectivity index (χ2v) is 7.29. The molecule has 0 radical (unpaired) electrons. The lowest BCUT2D eigenvalue weighted by Crippen LogP contribution is -2.43. The van der Waals surface area contributed by atoms with Crippen LogP contribution >= 0.6 is 0 Å². The van der Waals surface area contributed by atoms with E-state index in [1.165, 1.54) is 32.1 Å². The largest absolute Gasteiger partial charge is 0.393 e. The first kappa shape index (κ1) is 15.3. The molecule has 1 amide bonds. The molecule has 0 bridgehead atoms. The summed E-state index contributed by atoms with van der Waals surface area (Å²) in [5.41, 5.74) is 0. The van der Waals surface area contributed by atoms with Gasteiger partial charge in [-0.3, -0.25) is 9.69 Å². The van der Waals surface area contributed by atoms with Crippen molar-refractivity contribution in [1.29, 1.82) is 0 Å². The number of carbonyl (C=O) groups excluding carboxylic acids is 1. The molecule has 120 valence electrons. The second-order valence-electron chi connectivity index (χ2n) is 7.29. The van der Waals surface area contributed by atoms with Crippen LogP contribution in [-0.4, -0.2) is 47.2 Å². The number of amides is 1. The summed E-state index contributed by atoms with van der Waals surface area (Å²) in [6, 6.07) is 1.03. The molecular formula is C17H30N2O2. The minimum Gasteiger partial charge on any atom is -0.393 e. The van der Waals surface area contributed by atoms with Gasteiger partial charge in [-0.1, -0.05) is 19.3 Å². The molecule has 21 heavy (non-hydrogen) atoms. The van der Waals surface area contributed by atoms with Crippen molar-refractivity contribution >= 4 is 5.91 Å². The van der Waals surface area contributed by atoms with Gasteiger partial charge in [0, 0.05) is 18.6 Å². The zero-order valence-corrected chi connectivity index (χ0v) is 13.1. The Labute approximate surface area is 128 Å². The Morgan fingerprint density at radius 2 is 1.67 bits per heavy atom. The molecule has 0 spiro atoms. The van der Waals surface area contributed by atoms with Crippen LogP contribution in [-0.2, 0) is 4.79 Å². The van der Waals surface area contributed by atoms with Gasteiger partial charge < -0.3 is 10.4 Å². The SMILES string of the molecule is O=C(NC1CCC(O)CC1)C1CCN(C2CCCCC2)C1. The quantitative estimate of drug-likeness (QED) is 0.838. The summed E-state index contributed by atoms with van der Waals surface area (Å²) in [7, 11) is 0. The van der Waals surface area contributed by atoms with Gasteiger partial charge >= 0.3 is 0 Å². The number of hydrogen-bond acceptors (Lipinski definition) is 3. The van der Waals surface area contributed by atoms with Gasteiger partial charge in [-0.2, -0.15) is 0 Å². The van der Waals surface area contributed by atoms with E-state index in [2.05, 4.69) is 10.2 Å². The van der Waals surface area contributed by atoms with Crippen molar-refractivity contribution in [3.63, 3.8) is 0 Å². The fourth-order valence-corrected chi connectivity index (χ4v) is 4.32. The van der Waals surface area contributed by atoms with Crippen LogP contribution in [0.3, 0.4) is 0 Å². The monoisotopic (exact) mass is 294 g/mol. The van der Waals surface area contributed by atoms with Gasteiger partial charge in [-0.15, -0.1) is 0 Å². The molecule has 1 aliphatic heterocycles. The van der Waals surface area contributed by atoms with Crippen LogP contribution in [0.25, 0.3) is 0 Å². The summed E-state index contributed by atoms with van der Waals surface area (Å²) in [4.78, 5) is 15.0. The molecule has 4 heteroatoms. The van der Waals surface area contributed by atoms with E-state index in [4.69, 9.17) is 0 Å². The van der Waals surface area contributed by atoms with Crippen molar-refractivity contribution in [3.05, 3.63) is 0 Å². The van der Waals surface area contributed by atoms with Crippen LogP contribution in [0, 0.1) is 5.92 Å². The van der Waals surface area contributed by atoms with E-state index in [-0.39, 0.29) is 17.9 Å². The zero-order valence-electron chi connectivity index (χ0n) is 13.1. The molecule has 2 N–H and O–H groups in total. The standard InChI is InChI=1S/C17H30N2O2/c20-16-8-6-14(7-9-16)18-17(21)13-10-11-19(12-13)15-4-2-1-3-5-15/h13-16,20H,1-12H2,(H,18,21). The van der Waals surface area contributed by atoms with Crippen molar-refractivity contribution in [2.24, 2.45) is 5.92 Å². The van der Waals surface area contributed by atoms with E-state index in [0.717, 1.165) is 51.2 Å². The molecule has 1 unspecified atom stereocenters. The highest BCUT2D eigenvalue weighted by Gasteiger charge is 2.33. The maximum Gasteiger partial charge on any atom is 0.224 e. The van der Waals surface area contributed by atoms with Gasteiger partial charge in [0.15, 0.2) is 0 Å². The summed E-state index contributed by atoms with van der Waals surface area (Å²) >= 11 is 0. The van der Waals surface area contributed by atoms with Gasteiger partial charge in [-0.05, 0) is 51.5 Å². The average Bonchev–Trinajstić information content (AvgIpc) is 3.00. The number of hydrogen-bond donors (Lipinski definition) is 2. The molecule has 2 saturated carbocycles. The van der Waals surface area contributed by atoms with Crippen molar-refractivity contribution in [2.45, 2.75) is 82.4 Å². The van der Waals surface area contributed by atoms with Crippen LogP contribution in [0.1, 0.15) is 64.2 Å². The Kier molecular flexibility index (Phi) is 5.17. The van der Waals surface area contributed by atoms with E-state index in [1.54, 1.807) is 0 Å². The van der Waals surface area contributed by atoms with E-state index < -0.39 is 0 Å². The molecule has 0 aromatic carbocycles. The predicted molar refractivity (Wildman–Crippen MR) is 83.0 cm³/mol. The van der Waals surface area contributed by atoms with Gasteiger partial charge in [-0.25, -0.2) is 0 Å². The maximum absolute atomic E-state index is 12.4. The highest BCUT2D eigenvalue weighted by atomic mass is 16.3. The second kappa shape index (κ2) is 7.10. The number of carbonyl (C=O) groups is 1. The summed E-state index contributed by atoms with van der Waals surface area (Å²) in [5.74, 6) is 0.452. The third-order valence-corrected chi connectivity index (χ3v) is 5.72. The topological polar surface area (TPSA) is 52.6 Å². The summed E-state index contributed by atoms with van der Waals surface area (Å²) in [5, 5.41) is 12.8. The van der Waals surface area contributed by atoms with E-state index >= 15 is 0 Å². The first-order valence-corrected chi connectivity index (χ1v) is 8.95. The van der Waals surface area contributed by atoms with Crippen LogP contribution in [0.2, 0.25) is 0 Å². The van der Waals surface area contributed by atoms with Gasteiger partial charge in [0.1, 0.15) is 0 Å². The predicted octanol–water partition coefficient (Wildman–Crippen LogP) is 2.06. The molecular weight excluding hydrogens is 264 g/mol. The Morgan fingerprint density at radius 3 is 2.38 bits per heavy atom.